The summed E-state index contributed by atoms with van der Waals surface area (Å²) in [5.41, 5.74) is 0. The Balaban J connectivity index is 3.75. The van der Waals surface area contributed by atoms with E-state index in [1.165, 1.54) is 6.08 Å². The fourth-order valence-electron chi connectivity index (χ4n) is 0.532. The summed E-state index contributed by atoms with van der Waals surface area (Å²) in [7, 11) is 0. The minimum absolute atomic E-state index is 0.0492. The number of carbonyl (C=O) groups excluding carboxylic acids is 1. The van der Waals surface area contributed by atoms with Crippen LogP contribution in [0.2, 0.25) is 0 Å². The van der Waals surface area contributed by atoms with Gasteiger partial charge in [0.05, 0.1) is 5.88 Å². The molecule has 0 saturated heterocycles. The first kappa shape index (κ1) is 9.99. The summed E-state index contributed by atoms with van der Waals surface area (Å²) in [6.07, 6.45) is 2.78. The van der Waals surface area contributed by atoms with E-state index in [1.54, 1.807) is 0 Å². The van der Waals surface area contributed by atoms with Gasteiger partial charge in [-0.1, -0.05) is 18.5 Å². The number of hydrogen-bond acceptors (Lipinski definition) is 1. The van der Waals surface area contributed by atoms with Gasteiger partial charge in [0, 0.05) is 11.5 Å². The van der Waals surface area contributed by atoms with Crippen molar-refractivity contribution in [2.24, 2.45) is 0 Å². The zero-order chi connectivity index (χ0) is 7.98. The Labute approximate surface area is 71.0 Å². The first-order chi connectivity index (χ1) is 4.70. The van der Waals surface area contributed by atoms with Gasteiger partial charge < -0.3 is 0 Å². The average Bonchev–Trinajstić information content (AvgIpc) is 1.88. The first-order valence-corrected chi connectivity index (χ1v) is 4.06. The van der Waals surface area contributed by atoms with Crippen molar-refractivity contribution < 1.29 is 4.79 Å². The smallest absolute Gasteiger partial charge is 0.156 e. The van der Waals surface area contributed by atoms with E-state index in [-0.39, 0.29) is 11.7 Å². The third-order valence-corrected chi connectivity index (χ3v) is 1.61. The lowest BCUT2D eigenvalue weighted by atomic mass is 10.2. The summed E-state index contributed by atoms with van der Waals surface area (Å²) < 4.78 is 0. The molecule has 0 atom stereocenters. The van der Waals surface area contributed by atoms with E-state index in [2.05, 4.69) is 0 Å². The molecule has 0 fully saturated rings. The summed E-state index contributed by atoms with van der Waals surface area (Å²) >= 11 is 10.8. The van der Waals surface area contributed by atoms with Gasteiger partial charge in [0.25, 0.3) is 0 Å². The molecule has 0 aromatic carbocycles. The molecule has 0 bridgehead atoms. The highest BCUT2D eigenvalue weighted by atomic mass is 35.5. The van der Waals surface area contributed by atoms with Gasteiger partial charge in [-0.05, 0) is 12.5 Å². The van der Waals surface area contributed by atoms with Crippen LogP contribution in [-0.2, 0) is 4.79 Å². The third-order valence-electron chi connectivity index (χ3n) is 0.942. The Morgan fingerprint density at radius 3 is 2.60 bits per heavy atom. The Bertz CT molecular complexity index is 141. The normalized spacial score (nSPS) is 11.7. The van der Waals surface area contributed by atoms with E-state index >= 15 is 0 Å². The van der Waals surface area contributed by atoms with Crippen LogP contribution in [0.5, 0.6) is 0 Å². The quantitative estimate of drug-likeness (QED) is 0.481. The summed E-state index contributed by atoms with van der Waals surface area (Å²) in [4.78, 5) is 10.8. The number of allylic oxidation sites excluding steroid dienone is 2. The van der Waals surface area contributed by atoms with Crippen molar-refractivity contribution in [3.05, 3.63) is 11.1 Å². The molecule has 0 aromatic heterocycles. The van der Waals surface area contributed by atoms with Crippen molar-refractivity contribution in [1.29, 1.82) is 0 Å². The zero-order valence-corrected chi connectivity index (χ0v) is 7.37. The second-order valence-corrected chi connectivity index (χ2v) is 2.69. The van der Waals surface area contributed by atoms with Crippen molar-refractivity contribution in [2.75, 3.05) is 5.88 Å². The lowest BCUT2D eigenvalue weighted by Gasteiger charge is -1.90. The number of ketones is 1. The second-order valence-electron chi connectivity index (χ2n) is 1.94. The molecule has 0 aliphatic rings. The molecule has 0 rings (SSSR count). The Hall–Kier alpha value is -0.0100. The predicted octanol–water partition coefficient (Wildman–Crippen LogP) is 2.72. The number of carbonyl (C=O) groups is 1. The van der Waals surface area contributed by atoms with Gasteiger partial charge in [-0.25, -0.2) is 0 Å². The number of hydrogen-bond donors (Lipinski definition) is 0. The highest BCUT2D eigenvalue weighted by Gasteiger charge is 1.96. The van der Waals surface area contributed by atoms with Gasteiger partial charge in [-0.15, -0.1) is 11.6 Å². The molecule has 0 heterocycles. The van der Waals surface area contributed by atoms with Crippen LogP contribution in [0.1, 0.15) is 19.8 Å². The lowest BCUT2D eigenvalue weighted by molar-refractivity contribution is -0.114. The molecular weight excluding hydrogens is 171 g/mol. The summed E-state index contributed by atoms with van der Waals surface area (Å²) in [5, 5.41) is 0.417. The molecule has 0 aliphatic heterocycles. The Morgan fingerprint density at radius 1 is 1.60 bits per heavy atom. The fraction of sp³-hybridized carbons (Fsp3) is 0.571. The van der Waals surface area contributed by atoms with Crippen LogP contribution >= 0.6 is 23.2 Å². The van der Waals surface area contributed by atoms with E-state index in [9.17, 15) is 4.79 Å². The van der Waals surface area contributed by atoms with Crippen molar-refractivity contribution in [3.8, 4) is 0 Å². The standard InChI is InChI=1S/C7H10Cl2O/c1-2-3-7(10)4-6(9)5-8/h4H,2-3,5H2,1H3/b6-4+. The SMILES string of the molecule is CCCC(=O)/C=C(/Cl)CCl. The largest absolute Gasteiger partial charge is 0.295 e. The molecule has 3 heteroatoms. The highest BCUT2D eigenvalue weighted by Crippen LogP contribution is 2.04. The monoisotopic (exact) mass is 180 g/mol. The zero-order valence-electron chi connectivity index (χ0n) is 5.86. The van der Waals surface area contributed by atoms with Crippen LogP contribution in [0.25, 0.3) is 0 Å². The third kappa shape index (κ3) is 4.83. The fourth-order valence-corrected chi connectivity index (χ4v) is 0.731. The van der Waals surface area contributed by atoms with E-state index in [0.29, 0.717) is 11.5 Å². The van der Waals surface area contributed by atoms with Crippen LogP contribution < -0.4 is 0 Å². The number of alkyl halides is 1. The second kappa shape index (κ2) is 5.75. The van der Waals surface area contributed by atoms with Gasteiger partial charge in [-0.2, -0.15) is 0 Å². The molecule has 0 aliphatic carbocycles. The summed E-state index contributed by atoms with van der Waals surface area (Å²) in [5.74, 6) is 0.268. The maximum Gasteiger partial charge on any atom is 0.156 e. The molecular formula is C7H10Cl2O. The minimum Gasteiger partial charge on any atom is -0.295 e. The van der Waals surface area contributed by atoms with Crippen molar-refractivity contribution in [1.82, 2.24) is 0 Å². The van der Waals surface area contributed by atoms with Crippen molar-refractivity contribution in [2.45, 2.75) is 19.8 Å². The van der Waals surface area contributed by atoms with Crippen LogP contribution in [0.15, 0.2) is 11.1 Å². The van der Waals surface area contributed by atoms with Crippen LogP contribution in [0.3, 0.4) is 0 Å². The topological polar surface area (TPSA) is 17.1 Å². The highest BCUT2D eigenvalue weighted by molar-refractivity contribution is 6.36. The van der Waals surface area contributed by atoms with Crippen LogP contribution in [0, 0.1) is 0 Å². The minimum atomic E-state index is 0.0492. The molecule has 0 N–H and O–H groups in total. The van der Waals surface area contributed by atoms with E-state index in [4.69, 9.17) is 23.2 Å². The summed E-state index contributed by atoms with van der Waals surface area (Å²) in [6, 6.07) is 0. The molecule has 58 valence electrons. The Kier molecular flexibility index (Phi) is 5.74. The van der Waals surface area contributed by atoms with E-state index in [1.807, 2.05) is 6.92 Å². The number of rotatable bonds is 4. The molecule has 0 spiro atoms. The number of halogens is 2. The summed E-state index contributed by atoms with van der Waals surface area (Å²) in [6.45, 7) is 1.94. The predicted molar refractivity (Wildman–Crippen MR) is 44.6 cm³/mol. The van der Waals surface area contributed by atoms with Gasteiger partial charge in [-0.3, -0.25) is 4.79 Å². The molecule has 0 unspecified atom stereocenters. The Morgan fingerprint density at radius 2 is 2.20 bits per heavy atom. The maximum atomic E-state index is 10.8. The van der Waals surface area contributed by atoms with E-state index < -0.39 is 0 Å². The average molecular weight is 181 g/mol. The van der Waals surface area contributed by atoms with Gasteiger partial charge in [0.15, 0.2) is 5.78 Å². The molecule has 1 nitrogen and oxygen atoms in total. The molecule has 0 saturated carbocycles. The van der Waals surface area contributed by atoms with Gasteiger partial charge >= 0.3 is 0 Å². The van der Waals surface area contributed by atoms with Gasteiger partial charge in [0.2, 0.25) is 0 Å². The van der Waals surface area contributed by atoms with Crippen LogP contribution in [-0.4, -0.2) is 11.7 Å². The van der Waals surface area contributed by atoms with E-state index in [0.717, 1.165) is 6.42 Å². The molecule has 0 aromatic rings. The molecule has 10 heavy (non-hydrogen) atoms. The van der Waals surface area contributed by atoms with Crippen LogP contribution in [0.4, 0.5) is 0 Å². The first-order valence-electron chi connectivity index (χ1n) is 3.15. The molecule has 0 radical (unpaired) electrons. The molecule has 0 amide bonds. The van der Waals surface area contributed by atoms with Gasteiger partial charge in [0.1, 0.15) is 0 Å². The lowest BCUT2D eigenvalue weighted by Crippen LogP contribution is -1.91. The maximum absolute atomic E-state index is 10.8. The van der Waals surface area contributed by atoms with Crippen molar-refractivity contribution >= 4 is 29.0 Å². The van der Waals surface area contributed by atoms with Crippen molar-refractivity contribution in [3.63, 3.8) is 0 Å².